The average Bonchev–Trinajstić information content (AvgIpc) is 3.12. The number of allylic oxidation sites excluding steroid dienone is 1. The molecule has 0 saturated carbocycles. The number of thiophene rings is 1. The van der Waals surface area contributed by atoms with Crippen molar-refractivity contribution < 1.29 is 9.18 Å². The zero-order valence-corrected chi connectivity index (χ0v) is 13.9. The molecule has 1 aliphatic carbocycles. The summed E-state index contributed by atoms with van der Waals surface area (Å²) in [5, 5.41) is 2.01. The molecule has 2 aromatic carbocycles. The Morgan fingerprint density at radius 1 is 1.04 bits per heavy atom. The van der Waals surface area contributed by atoms with Gasteiger partial charge in [-0.05, 0) is 47.2 Å². The van der Waals surface area contributed by atoms with Gasteiger partial charge >= 0.3 is 0 Å². The SMILES string of the molecule is Cc1ccsc1/C=C1/C(=O)c2c(F)cccc2[C@H]1c1ccccc1. The standard InChI is InChI=1S/C21H15FOS/c1-13-10-11-24-18(13)12-16-19(14-6-3-2-4-7-14)15-8-5-9-17(22)20(15)21(16)23/h2-12,19H,1H3/b16-12+/t19-/m1/s1. The van der Waals surface area contributed by atoms with Crippen LogP contribution in [0.4, 0.5) is 4.39 Å². The summed E-state index contributed by atoms with van der Waals surface area (Å²) in [6.07, 6.45) is 1.93. The number of Topliss-reactive ketones (excluding diaryl/α,β-unsaturated/α-hetero) is 1. The van der Waals surface area contributed by atoms with Crippen molar-refractivity contribution in [1.29, 1.82) is 0 Å². The number of aryl methyl sites for hydroxylation is 1. The number of carbonyl (C=O) groups excluding carboxylic acids is 1. The number of hydrogen-bond acceptors (Lipinski definition) is 2. The van der Waals surface area contributed by atoms with Gasteiger partial charge in [-0.3, -0.25) is 4.79 Å². The molecule has 3 aromatic rings. The van der Waals surface area contributed by atoms with Crippen LogP contribution in [0.25, 0.3) is 6.08 Å². The molecule has 0 fully saturated rings. The molecule has 0 radical (unpaired) electrons. The summed E-state index contributed by atoms with van der Waals surface area (Å²) in [5.74, 6) is -0.861. The molecule has 1 aliphatic rings. The van der Waals surface area contributed by atoms with E-state index in [9.17, 15) is 9.18 Å². The summed E-state index contributed by atoms with van der Waals surface area (Å²) >= 11 is 1.60. The fourth-order valence-electron chi connectivity index (χ4n) is 3.29. The van der Waals surface area contributed by atoms with Crippen LogP contribution in [0.1, 0.15) is 37.8 Å². The Bertz CT molecular complexity index is 953. The van der Waals surface area contributed by atoms with E-state index in [1.807, 2.05) is 60.8 Å². The summed E-state index contributed by atoms with van der Waals surface area (Å²) in [6.45, 7) is 2.02. The Morgan fingerprint density at radius 3 is 2.54 bits per heavy atom. The molecule has 0 spiro atoms. The lowest BCUT2D eigenvalue weighted by Crippen LogP contribution is -2.02. The highest BCUT2D eigenvalue weighted by Crippen LogP contribution is 2.44. The van der Waals surface area contributed by atoms with Crippen molar-refractivity contribution in [3.8, 4) is 0 Å². The minimum Gasteiger partial charge on any atom is -0.289 e. The van der Waals surface area contributed by atoms with Crippen LogP contribution in [0.2, 0.25) is 0 Å². The van der Waals surface area contributed by atoms with Gasteiger partial charge < -0.3 is 0 Å². The lowest BCUT2D eigenvalue weighted by atomic mass is 9.89. The highest BCUT2D eigenvalue weighted by molar-refractivity contribution is 7.11. The Hall–Kier alpha value is -2.52. The highest BCUT2D eigenvalue weighted by atomic mass is 32.1. The van der Waals surface area contributed by atoms with Crippen LogP contribution in [0, 0.1) is 12.7 Å². The van der Waals surface area contributed by atoms with E-state index in [2.05, 4.69) is 0 Å². The molecule has 0 aliphatic heterocycles. The zero-order chi connectivity index (χ0) is 16.7. The summed E-state index contributed by atoms with van der Waals surface area (Å²) in [7, 11) is 0. The molecule has 0 amide bonds. The van der Waals surface area contributed by atoms with Gasteiger partial charge in [-0.15, -0.1) is 11.3 Å². The van der Waals surface area contributed by atoms with Gasteiger partial charge in [0.05, 0.1) is 5.56 Å². The van der Waals surface area contributed by atoms with Crippen molar-refractivity contribution in [2.24, 2.45) is 0 Å². The van der Waals surface area contributed by atoms with Crippen molar-refractivity contribution in [2.75, 3.05) is 0 Å². The third kappa shape index (κ3) is 2.33. The number of rotatable bonds is 2. The van der Waals surface area contributed by atoms with Crippen LogP contribution >= 0.6 is 11.3 Å². The molecule has 4 rings (SSSR count). The van der Waals surface area contributed by atoms with Gasteiger partial charge in [0.2, 0.25) is 0 Å². The topological polar surface area (TPSA) is 17.1 Å². The first-order chi connectivity index (χ1) is 11.7. The summed E-state index contributed by atoms with van der Waals surface area (Å²) in [5.41, 5.74) is 3.75. The van der Waals surface area contributed by atoms with E-state index in [0.29, 0.717) is 5.57 Å². The third-order valence-corrected chi connectivity index (χ3v) is 5.44. The molecule has 0 saturated heterocycles. The van der Waals surface area contributed by atoms with Gasteiger partial charge in [0, 0.05) is 16.4 Å². The molecule has 0 N–H and O–H groups in total. The maximum atomic E-state index is 14.3. The van der Waals surface area contributed by atoms with E-state index in [4.69, 9.17) is 0 Å². The van der Waals surface area contributed by atoms with Gasteiger partial charge in [0.15, 0.2) is 5.78 Å². The molecular weight excluding hydrogens is 319 g/mol. The summed E-state index contributed by atoms with van der Waals surface area (Å²) in [4.78, 5) is 14.0. The Labute approximate surface area is 144 Å². The van der Waals surface area contributed by atoms with Crippen molar-refractivity contribution in [2.45, 2.75) is 12.8 Å². The Kier molecular flexibility index (Phi) is 3.66. The molecule has 24 heavy (non-hydrogen) atoms. The third-order valence-electron chi connectivity index (χ3n) is 4.48. The summed E-state index contributed by atoms with van der Waals surface area (Å²) < 4.78 is 14.3. The largest absolute Gasteiger partial charge is 0.289 e. The lowest BCUT2D eigenvalue weighted by Gasteiger charge is -2.13. The second kappa shape index (κ2) is 5.84. The lowest BCUT2D eigenvalue weighted by molar-refractivity contribution is 0.103. The van der Waals surface area contributed by atoms with Gasteiger partial charge in [-0.1, -0.05) is 42.5 Å². The summed E-state index contributed by atoms with van der Waals surface area (Å²) in [6, 6.07) is 16.8. The number of ketones is 1. The fraction of sp³-hybridized carbons (Fsp3) is 0.0952. The van der Waals surface area contributed by atoms with Crippen LogP contribution in [0.15, 0.2) is 65.6 Å². The first-order valence-electron chi connectivity index (χ1n) is 7.80. The number of carbonyl (C=O) groups is 1. The molecule has 1 aromatic heterocycles. The maximum Gasteiger partial charge on any atom is 0.193 e. The molecule has 1 nitrogen and oxygen atoms in total. The zero-order valence-electron chi connectivity index (χ0n) is 13.1. The minimum absolute atomic E-state index is 0.204. The van der Waals surface area contributed by atoms with E-state index in [1.165, 1.54) is 6.07 Å². The van der Waals surface area contributed by atoms with Crippen LogP contribution in [-0.2, 0) is 0 Å². The predicted octanol–water partition coefficient (Wildman–Crippen LogP) is 5.61. The first kappa shape index (κ1) is 15.0. The second-order valence-electron chi connectivity index (χ2n) is 5.94. The normalized spacial score (nSPS) is 18.2. The minimum atomic E-state index is -0.440. The van der Waals surface area contributed by atoms with Crippen LogP contribution in [0.5, 0.6) is 0 Å². The molecule has 0 bridgehead atoms. The van der Waals surface area contributed by atoms with Crippen molar-refractivity contribution >= 4 is 23.2 Å². The van der Waals surface area contributed by atoms with Crippen LogP contribution in [-0.4, -0.2) is 5.78 Å². The van der Waals surface area contributed by atoms with Crippen molar-refractivity contribution in [1.82, 2.24) is 0 Å². The Balaban J connectivity index is 1.96. The fourth-order valence-corrected chi connectivity index (χ4v) is 4.16. The second-order valence-corrected chi connectivity index (χ2v) is 6.89. The van der Waals surface area contributed by atoms with Gasteiger partial charge in [0.25, 0.3) is 0 Å². The van der Waals surface area contributed by atoms with Crippen LogP contribution < -0.4 is 0 Å². The molecule has 3 heteroatoms. The van der Waals surface area contributed by atoms with Gasteiger partial charge in [-0.25, -0.2) is 4.39 Å². The molecule has 1 atom stereocenters. The Morgan fingerprint density at radius 2 is 1.83 bits per heavy atom. The maximum absolute atomic E-state index is 14.3. The van der Waals surface area contributed by atoms with Gasteiger partial charge in [0.1, 0.15) is 5.82 Å². The monoisotopic (exact) mass is 334 g/mol. The molecule has 118 valence electrons. The van der Waals surface area contributed by atoms with E-state index < -0.39 is 5.82 Å². The van der Waals surface area contributed by atoms with Crippen molar-refractivity contribution in [3.63, 3.8) is 0 Å². The van der Waals surface area contributed by atoms with E-state index >= 15 is 0 Å². The highest BCUT2D eigenvalue weighted by Gasteiger charge is 2.37. The number of hydrogen-bond donors (Lipinski definition) is 0. The van der Waals surface area contributed by atoms with Crippen LogP contribution in [0.3, 0.4) is 0 Å². The number of fused-ring (bicyclic) bond motifs is 1. The number of benzene rings is 2. The smallest absolute Gasteiger partial charge is 0.193 e. The van der Waals surface area contributed by atoms with E-state index in [1.54, 1.807) is 17.4 Å². The first-order valence-corrected chi connectivity index (χ1v) is 8.68. The molecule has 0 unspecified atom stereocenters. The molecule has 1 heterocycles. The van der Waals surface area contributed by atoms with Crippen molar-refractivity contribution in [3.05, 3.63) is 98.5 Å². The van der Waals surface area contributed by atoms with E-state index in [0.717, 1.165) is 21.6 Å². The predicted molar refractivity (Wildman–Crippen MR) is 96.0 cm³/mol. The van der Waals surface area contributed by atoms with E-state index in [-0.39, 0.29) is 17.3 Å². The quantitative estimate of drug-likeness (QED) is 0.557. The molecular formula is C21H15FOS. The number of halogens is 1. The van der Waals surface area contributed by atoms with Gasteiger partial charge in [-0.2, -0.15) is 0 Å². The average molecular weight is 334 g/mol.